The molecule has 0 aliphatic heterocycles. The highest BCUT2D eigenvalue weighted by Crippen LogP contribution is 2.14. The summed E-state index contributed by atoms with van der Waals surface area (Å²) in [6.45, 7) is 3.55. The van der Waals surface area contributed by atoms with Crippen LogP contribution in [0.25, 0.3) is 0 Å². The Balaban J connectivity index is 3.54. The van der Waals surface area contributed by atoms with Gasteiger partial charge in [0, 0.05) is 20.5 Å². The molecule has 0 aromatic carbocycles. The second-order valence-electron chi connectivity index (χ2n) is 2.76. The summed E-state index contributed by atoms with van der Waals surface area (Å²) in [7, 11) is 2.15. The summed E-state index contributed by atoms with van der Waals surface area (Å²) in [5.41, 5.74) is -0.627. The normalized spacial score (nSPS) is 17.6. The zero-order valence-corrected chi connectivity index (χ0v) is 9.49. The molecule has 7 heavy (non-hydrogen) atoms. The fraction of sp³-hybridized carbons (Fsp3) is 1.00. The van der Waals surface area contributed by atoms with Crippen LogP contribution in [0.15, 0.2) is 0 Å². The lowest BCUT2D eigenvalue weighted by molar-refractivity contribution is 0.0145. The highest BCUT2D eigenvalue weighted by molar-refractivity contribution is 6.36. The minimum absolute atomic E-state index is 0.521. The van der Waals surface area contributed by atoms with Gasteiger partial charge in [-0.05, 0) is 19.0 Å². The minimum Gasteiger partial charge on any atom is -0.230 e. The predicted molar refractivity (Wildman–Crippen MR) is 38.4 cm³/mol. The number of hydrogen-bond donors (Lipinski definition) is 0. The monoisotopic (exact) mass is 133 g/mol. The van der Waals surface area contributed by atoms with Gasteiger partial charge in [-0.15, -0.1) is 0 Å². The van der Waals surface area contributed by atoms with Crippen LogP contribution in [0, 0.1) is 0 Å². The second-order valence-corrected chi connectivity index (χ2v) is 8.53. The van der Waals surface area contributed by atoms with E-state index in [0.29, 0.717) is 5.16 Å². The molecule has 0 aliphatic carbocycles. The first-order valence-electron chi connectivity index (χ1n) is 2.65. The van der Waals surface area contributed by atoms with E-state index in [-0.39, 0.29) is 0 Å². The fourth-order valence-corrected chi connectivity index (χ4v) is 0. The van der Waals surface area contributed by atoms with Gasteiger partial charge in [0.1, 0.15) is 0 Å². The Kier molecular flexibility index (Phi) is 2.23. The van der Waals surface area contributed by atoms with E-state index in [1.807, 2.05) is 0 Å². The molecule has 0 unspecified atom stereocenters. The summed E-state index contributed by atoms with van der Waals surface area (Å²) in [6.07, 6.45) is 0. The van der Waals surface area contributed by atoms with Crippen molar-refractivity contribution in [3.8, 4) is 0 Å². The molecule has 1 radical (unpaired) electrons. The minimum atomic E-state index is -0.627. The Morgan fingerprint density at radius 2 is 1.57 bits per heavy atom. The van der Waals surface area contributed by atoms with Crippen molar-refractivity contribution in [1.29, 1.82) is 0 Å². The first-order chi connectivity index (χ1) is 2.94. The summed E-state index contributed by atoms with van der Waals surface area (Å²) in [5.74, 6) is 0. The van der Waals surface area contributed by atoms with Gasteiger partial charge in [-0.25, -0.2) is 5.11 Å². The van der Waals surface area contributed by atoms with Gasteiger partial charge in [0.2, 0.25) is 0 Å². The number of rotatable bonds is 1. The molecule has 0 spiro atoms. The smallest absolute Gasteiger partial charge is 0.0946 e. The molecule has 0 amide bonds. The van der Waals surface area contributed by atoms with E-state index in [1.54, 1.807) is 13.8 Å². The van der Waals surface area contributed by atoms with E-state index >= 15 is 0 Å². The lowest BCUT2D eigenvalue weighted by atomic mass is 10.2. The van der Waals surface area contributed by atoms with Gasteiger partial charge in [0.15, 0.2) is 0 Å². The molecule has 0 bridgehead atoms. The Labute approximate surface area is 51.0 Å². The molecule has 0 saturated heterocycles. The molecule has 0 aliphatic rings. The molecule has 0 atom stereocenters. The largest absolute Gasteiger partial charge is 0.230 e. The summed E-state index contributed by atoms with van der Waals surface area (Å²) >= 11 is 0. The lowest BCUT2D eigenvalue weighted by Gasteiger charge is -2.17. The molecule has 0 saturated carbocycles. The van der Waals surface area contributed by atoms with E-state index in [2.05, 4.69) is 0 Å². The standard InChI is InChI=1S/C4H13OSi2/c1-4(2,5)3(6)7/h3H,1-2,6-7H3. The molecular weight excluding hydrogens is 120 g/mol. The first kappa shape index (κ1) is 7.39. The van der Waals surface area contributed by atoms with Crippen LogP contribution in [0.2, 0.25) is 5.16 Å². The molecular formula is C4H13OSi2. The Morgan fingerprint density at radius 1 is 1.43 bits per heavy atom. The van der Waals surface area contributed by atoms with Crippen molar-refractivity contribution in [1.82, 2.24) is 0 Å². The molecule has 0 aromatic rings. The third-order valence-corrected chi connectivity index (χ3v) is 4.17. The fourth-order valence-electron chi connectivity index (χ4n) is 0. The zero-order valence-electron chi connectivity index (χ0n) is 5.49. The van der Waals surface area contributed by atoms with Crippen LogP contribution in [-0.4, -0.2) is 26.1 Å². The van der Waals surface area contributed by atoms with E-state index in [9.17, 15) is 5.11 Å². The highest BCUT2D eigenvalue weighted by Gasteiger charge is 2.18. The van der Waals surface area contributed by atoms with Crippen LogP contribution < -0.4 is 0 Å². The Hall–Kier alpha value is 0.394. The van der Waals surface area contributed by atoms with Crippen LogP contribution in [0.3, 0.4) is 0 Å². The van der Waals surface area contributed by atoms with E-state index in [4.69, 9.17) is 0 Å². The maximum absolute atomic E-state index is 10.9. The maximum atomic E-state index is 10.9. The maximum Gasteiger partial charge on any atom is 0.0946 e. The second kappa shape index (κ2) is 2.11. The van der Waals surface area contributed by atoms with Crippen LogP contribution in [0.4, 0.5) is 0 Å². The third kappa shape index (κ3) is 3.02. The average molecular weight is 133 g/mol. The van der Waals surface area contributed by atoms with Crippen molar-refractivity contribution in [2.75, 3.05) is 0 Å². The van der Waals surface area contributed by atoms with Crippen molar-refractivity contribution in [3.05, 3.63) is 0 Å². The molecule has 0 aromatic heterocycles. The van der Waals surface area contributed by atoms with Crippen LogP contribution in [0.5, 0.6) is 0 Å². The van der Waals surface area contributed by atoms with E-state index < -0.39 is 5.60 Å². The quantitative estimate of drug-likeness (QED) is 0.395. The highest BCUT2D eigenvalue weighted by atomic mass is 28.2. The molecule has 0 fully saturated rings. The van der Waals surface area contributed by atoms with Gasteiger partial charge in [-0.2, -0.15) is 0 Å². The van der Waals surface area contributed by atoms with Gasteiger partial charge in [0.05, 0.1) is 5.60 Å². The van der Waals surface area contributed by atoms with Crippen molar-refractivity contribution in [2.45, 2.75) is 24.6 Å². The summed E-state index contributed by atoms with van der Waals surface area (Å²) in [5, 5.41) is 11.4. The zero-order chi connectivity index (χ0) is 6.08. The van der Waals surface area contributed by atoms with Crippen LogP contribution in [-0.2, 0) is 5.11 Å². The van der Waals surface area contributed by atoms with Gasteiger partial charge >= 0.3 is 0 Å². The van der Waals surface area contributed by atoms with Crippen molar-refractivity contribution in [3.63, 3.8) is 0 Å². The van der Waals surface area contributed by atoms with Crippen molar-refractivity contribution in [2.24, 2.45) is 0 Å². The average Bonchev–Trinajstić information content (AvgIpc) is 1.31. The molecule has 1 nitrogen and oxygen atoms in total. The van der Waals surface area contributed by atoms with Gasteiger partial charge in [-0.3, -0.25) is 0 Å². The van der Waals surface area contributed by atoms with E-state index in [0.717, 1.165) is 20.5 Å². The molecule has 0 rings (SSSR count). The topological polar surface area (TPSA) is 19.9 Å². The van der Waals surface area contributed by atoms with Crippen molar-refractivity contribution >= 4 is 20.5 Å². The number of hydrogen-bond acceptors (Lipinski definition) is 0. The van der Waals surface area contributed by atoms with E-state index in [1.165, 1.54) is 0 Å². The lowest BCUT2D eigenvalue weighted by Crippen LogP contribution is -2.24. The van der Waals surface area contributed by atoms with Crippen LogP contribution >= 0.6 is 0 Å². The molecule has 0 heterocycles. The molecule has 0 N–H and O–H groups in total. The van der Waals surface area contributed by atoms with Gasteiger partial charge in [0.25, 0.3) is 0 Å². The summed E-state index contributed by atoms with van der Waals surface area (Å²) < 4.78 is 0. The van der Waals surface area contributed by atoms with Gasteiger partial charge in [-0.1, -0.05) is 0 Å². The summed E-state index contributed by atoms with van der Waals surface area (Å²) in [4.78, 5) is 0. The Bertz CT molecular complexity index is 55.2. The predicted octanol–water partition coefficient (Wildman–Crippen LogP) is -1.33. The van der Waals surface area contributed by atoms with Crippen molar-refractivity contribution < 1.29 is 5.11 Å². The SMILES string of the molecule is CC(C)([O])C([SiH3])[SiH3]. The first-order valence-corrected chi connectivity index (χ1v) is 4.96. The summed E-state index contributed by atoms with van der Waals surface area (Å²) in [6, 6.07) is 0. The van der Waals surface area contributed by atoms with Crippen LogP contribution in [0.1, 0.15) is 13.8 Å². The molecule has 43 valence electrons. The third-order valence-electron chi connectivity index (χ3n) is 1.39. The molecule has 3 heteroatoms. The van der Waals surface area contributed by atoms with Gasteiger partial charge < -0.3 is 0 Å². The Morgan fingerprint density at radius 3 is 1.57 bits per heavy atom.